The van der Waals surface area contributed by atoms with Crippen LogP contribution in [0.2, 0.25) is 0 Å². The third kappa shape index (κ3) is 3.73. The first kappa shape index (κ1) is 17.7. The summed E-state index contributed by atoms with van der Waals surface area (Å²) in [4.78, 5) is 16.4. The second-order valence-electron chi connectivity index (χ2n) is 6.47. The Bertz CT molecular complexity index is 947. The number of hydrogen-bond donors (Lipinski definition) is 0. The molecule has 2 aromatic heterocycles. The van der Waals surface area contributed by atoms with Crippen molar-refractivity contribution in [1.29, 1.82) is 0 Å². The number of furan rings is 1. The number of nitrogens with zero attached hydrogens (tertiary/aromatic N) is 4. The van der Waals surface area contributed by atoms with E-state index in [0.29, 0.717) is 36.6 Å². The molecular formula is C20H19BrN4O2. The molecule has 1 saturated heterocycles. The van der Waals surface area contributed by atoms with Crippen LogP contribution < -0.4 is 4.90 Å². The monoisotopic (exact) mass is 426 g/mol. The van der Waals surface area contributed by atoms with Crippen molar-refractivity contribution >= 4 is 27.7 Å². The summed E-state index contributed by atoms with van der Waals surface area (Å²) in [6.45, 7) is 4.74. The van der Waals surface area contributed by atoms with E-state index in [4.69, 9.17) is 4.42 Å². The van der Waals surface area contributed by atoms with Gasteiger partial charge in [-0.25, -0.2) is 0 Å². The number of benzene rings is 1. The van der Waals surface area contributed by atoms with E-state index in [1.54, 1.807) is 17.0 Å². The average Bonchev–Trinajstić information content (AvgIpc) is 3.14. The fourth-order valence-electron chi connectivity index (χ4n) is 3.22. The Hall–Kier alpha value is -2.67. The molecule has 0 unspecified atom stereocenters. The summed E-state index contributed by atoms with van der Waals surface area (Å²) in [6.07, 6.45) is 0. The summed E-state index contributed by atoms with van der Waals surface area (Å²) in [5.41, 5.74) is 3.14. The predicted molar refractivity (Wildman–Crippen MR) is 107 cm³/mol. The maximum Gasteiger partial charge on any atom is 0.289 e. The smallest absolute Gasteiger partial charge is 0.289 e. The zero-order chi connectivity index (χ0) is 18.8. The average molecular weight is 427 g/mol. The molecule has 0 spiro atoms. The van der Waals surface area contributed by atoms with E-state index >= 15 is 0 Å². The van der Waals surface area contributed by atoms with E-state index in [0.717, 1.165) is 17.1 Å². The normalized spacial score (nSPS) is 14.4. The Balaban J connectivity index is 1.41. The summed E-state index contributed by atoms with van der Waals surface area (Å²) in [5.74, 6) is 1.11. The van der Waals surface area contributed by atoms with E-state index < -0.39 is 0 Å². The zero-order valence-corrected chi connectivity index (χ0v) is 16.5. The predicted octanol–water partition coefficient (Wildman–Crippen LogP) is 3.77. The number of aryl methyl sites for hydroxylation is 1. The van der Waals surface area contributed by atoms with Crippen LogP contribution in [0.15, 0.2) is 57.6 Å². The standard InChI is InChI=1S/C20H19BrN4O2/c1-14-4-2-3-5-15(14)16-6-9-19(23-22-16)24-10-12-25(13-11-24)20(26)17-7-8-18(21)27-17/h2-9H,10-13H2,1H3. The summed E-state index contributed by atoms with van der Waals surface area (Å²) in [6, 6.07) is 15.6. The van der Waals surface area contributed by atoms with Gasteiger partial charge in [-0.15, -0.1) is 10.2 Å². The van der Waals surface area contributed by atoms with Gasteiger partial charge in [-0.05, 0) is 52.7 Å². The third-order valence-electron chi connectivity index (χ3n) is 4.75. The highest BCUT2D eigenvalue weighted by Gasteiger charge is 2.25. The molecule has 27 heavy (non-hydrogen) atoms. The first-order valence-electron chi connectivity index (χ1n) is 8.81. The molecule has 4 rings (SSSR count). The molecule has 7 heteroatoms. The summed E-state index contributed by atoms with van der Waals surface area (Å²) < 4.78 is 5.93. The Morgan fingerprint density at radius 3 is 2.41 bits per heavy atom. The van der Waals surface area contributed by atoms with Gasteiger partial charge in [0, 0.05) is 31.7 Å². The zero-order valence-electron chi connectivity index (χ0n) is 14.9. The summed E-state index contributed by atoms with van der Waals surface area (Å²) >= 11 is 3.23. The molecule has 0 saturated carbocycles. The van der Waals surface area contributed by atoms with Crippen LogP contribution >= 0.6 is 15.9 Å². The van der Waals surface area contributed by atoms with Crippen molar-refractivity contribution in [3.8, 4) is 11.3 Å². The van der Waals surface area contributed by atoms with Crippen molar-refractivity contribution in [2.75, 3.05) is 31.1 Å². The third-order valence-corrected chi connectivity index (χ3v) is 5.17. The Labute approximate surface area is 165 Å². The molecule has 1 aliphatic heterocycles. The van der Waals surface area contributed by atoms with Crippen molar-refractivity contribution in [2.24, 2.45) is 0 Å². The SMILES string of the molecule is Cc1ccccc1-c1ccc(N2CCN(C(=O)c3ccc(Br)o3)CC2)nn1. The molecule has 138 valence electrons. The maximum atomic E-state index is 12.5. The molecule has 6 nitrogen and oxygen atoms in total. The van der Waals surface area contributed by atoms with Gasteiger partial charge in [-0.1, -0.05) is 24.3 Å². The summed E-state index contributed by atoms with van der Waals surface area (Å²) in [5, 5.41) is 8.80. The van der Waals surface area contributed by atoms with Crippen LogP contribution in [0.3, 0.4) is 0 Å². The highest BCUT2D eigenvalue weighted by molar-refractivity contribution is 9.10. The van der Waals surface area contributed by atoms with Gasteiger partial charge < -0.3 is 14.2 Å². The fourth-order valence-corrected chi connectivity index (χ4v) is 3.53. The van der Waals surface area contributed by atoms with Crippen molar-refractivity contribution in [2.45, 2.75) is 6.92 Å². The van der Waals surface area contributed by atoms with Gasteiger partial charge in [-0.2, -0.15) is 0 Å². The van der Waals surface area contributed by atoms with E-state index in [2.05, 4.69) is 50.1 Å². The first-order chi connectivity index (χ1) is 13.1. The topological polar surface area (TPSA) is 62.5 Å². The minimum Gasteiger partial charge on any atom is -0.444 e. The number of anilines is 1. The highest BCUT2D eigenvalue weighted by atomic mass is 79.9. The number of amides is 1. The number of hydrogen-bond acceptors (Lipinski definition) is 5. The molecule has 3 heterocycles. The molecule has 0 atom stereocenters. The second kappa shape index (κ2) is 7.52. The van der Waals surface area contributed by atoms with Gasteiger partial charge in [0.05, 0.1) is 5.69 Å². The lowest BCUT2D eigenvalue weighted by atomic mass is 10.1. The Morgan fingerprint density at radius 1 is 1.00 bits per heavy atom. The van der Waals surface area contributed by atoms with E-state index in [1.165, 1.54) is 5.56 Å². The van der Waals surface area contributed by atoms with Crippen molar-refractivity contribution in [3.05, 3.63) is 64.5 Å². The summed E-state index contributed by atoms with van der Waals surface area (Å²) in [7, 11) is 0. The highest BCUT2D eigenvalue weighted by Crippen LogP contribution is 2.23. The second-order valence-corrected chi connectivity index (χ2v) is 7.26. The molecule has 1 amide bonds. The molecule has 0 aliphatic carbocycles. The first-order valence-corrected chi connectivity index (χ1v) is 9.60. The van der Waals surface area contributed by atoms with Crippen LogP contribution in [-0.4, -0.2) is 47.2 Å². The largest absolute Gasteiger partial charge is 0.444 e. The van der Waals surface area contributed by atoms with Gasteiger partial charge in [0.2, 0.25) is 0 Å². The van der Waals surface area contributed by atoms with Gasteiger partial charge in [0.1, 0.15) is 0 Å². The lowest BCUT2D eigenvalue weighted by molar-refractivity contribution is 0.0713. The van der Waals surface area contributed by atoms with Gasteiger partial charge in [0.25, 0.3) is 5.91 Å². The molecule has 0 bridgehead atoms. The number of rotatable bonds is 3. The van der Waals surface area contributed by atoms with Crippen LogP contribution in [0, 0.1) is 6.92 Å². The molecular weight excluding hydrogens is 408 g/mol. The lowest BCUT2D eigenvalue weighted by Gasteiger charge is -2.34. The fraction of sp³-hybridized carbons (Fsp3) is 0.250. The van der Waals surface area contributed by atoms with Crippen LogP contribution in [0.4, 0.5) is 5.82 Å². The minimum absolute atomic E-state index is 0.0821. The molecule has 1 aromatic carbocycles. The van der Waals surface area contributed by atoms with Gasteiger partial charge in [0.15, 0.2) is 16.2 Å². The molecule has 1 aliphatic rings. The minimum atomic E-state index is -0.0821. The molecule has 3 aromatic rings. The van der Waals surface area contributed by atoms with Crippen LogP contribution in [0.25, 0.3) is 11.3 Å². The van der Waals surface area contributed by atoms with Crippen molar-refractivity contribution in [1.82, 2.24) is 15.1 Å². The van der Waals surface area contributed by atoms with E-state index in [-0.39, 0.29) is 5.91 Å². The van der Waals surface area contributed by atoms with Crippen molar-refractivity contribution in [3.63, 3.8) is 0 Å². The van der Waals surface area contributed by atoms with Gasteiger partial charge in [-0.3, -0.25) is 4.79 Å². The molecule has 0 N–H and O–H groups in total. The van der Waals surface area contributed by atoms with Crippen LogP contribution in [0.1, 0.15) is 16.1 Å². The molecule has 0 radical (unpaired) electrons. The Morgan fingerprint density at radius 2 is 1.78 bits per heavy atom. The van der Waals surface area contributed by atoms with Gasteiger partial charge >= 0.3 is 0 Å². The molecule has 1 fully saturated rings. The lowest BCUT2D eigenvalue weighted by Crippen LogP contribution is -2.49. The number of aromatic nitrogens is 2. The van der Waals surface area contributed by atoms with Crippen LogP contribution in [0.5, 0.6) is 0 Å². The number of carbonyl (C=O) groups is 1. The van der Waals surface area contributed by atoms with E-state index in [9.17, 15) is 4.79 Å². The Kier molecular flexibility index (Phi) is 4.94. The number of carbonyl (C=O) groups excluding carboxylic acids is 1. The quantitative estimate of drug-likeness (QED) is 0.637. The number of piperazine rings is 1. The maximum absolute atomic E-state index is 12.5. The van der Waals surface area contributed by atoms with Crippen molar-refractivity contribution < 1.29 is 9.21 Å². The number of halogens is 1. The van der Waals surface area contributed by atoms with E-state index in [1.807, 2.05) is 24.3 Å². The van der Waals surface area contributed by atoms with Crippen LogP contribution in [-0.2, 0) is 0 Å².